The molecule has 4 heteroatoms. The molecule has 0 N–H and O–H groups in total. The molecule has 4 aromatic heterocycles. The van der Waals surface area contributed by atoms with E-state index in [2.05, 4.69) is 19.9 Å². The summed E-state index contributed by atoms with van der Waals surface area (Å²) in [6, 6.07) is 13.7. The van der Waals surface area contributed by atoms with Gasteiger partial charge in [-0.3, -0.25) is 9.97 Å². The van der Waals surface area contributed by atoms with Crippen molar-refractivity contribution in [3.63, 3.8) is 0 Å². The second-order valence-corrected chi connectivity index (χ2v) is 4.58. The Kier molecular flexibility index (Phi) is 3.78. The summed E-state index contributed by atoms with van der Waals surface area (Å²) in [7, 11) is 0. The molecule has 4 aromatic rings. The van der Waals surface area contributed by atoms with Gasteiger partial charge in [0.2, 0.25) is 0 Å². The maximum atomic E-state index is 4.20. The minimum Gasteiger partial charge on any atom is -0.261 e. The van der Waals surface area contributed by atoms with Crippen LogP contribution in [0.5, 0.6) is 0 Å². The Balaban J connectivity index is 0.000000126. The van der Waals surface area contributed by atoms with Gasteiger partial charge in [0.25, 0.3) is 0 Å². The lowest BCUT2D eigenvalue weighted by Gasteiger charge is -1.95. The van der Waals surface area contributed by atoms with Crippen LogP contribution in [0.2, 0.25) is 0 Å². The van der Waals surface area contributed by atoms with Crippen LogP contribution in [0.15, 0.2) is 67.3 Å². The summed E-state index contributed by atoms with van der Waals surface area (Å²) < 4.78 is 0. The highest BCUT2D eigenvalue weighted by atomic mass is 14.8. The van der Waals surface area contributed by atoms with Crippen molar-refractivity contribution >= 4 is 21.9 Å². The first kappa shape index (κ1) is 13.1. The number of hydrogen-bond acceptors (Lipinski definition) is 4. The van der Waals surface area contributed by atoms with Crippen molar-refractivity contribution in [1.82, 2.24) is 19.9 Å². The largest absolute Gasteiger partial charge is 0.261 e. The lowest BCUT2D eigenvalue weighted by Crippen LogP contribution is -1.82. The number of pyridine rings is 4. The summed E-state index contributed by atoms with van der Waals surface area (Å²) in [6.45, 7) is 1.97. The van der Waals surface area contributed by atoms with Crippen LogP contribution >= 0.6 is 0 Å². The maximum Gasteiger partial charge on any atom is 0.159 e. The molecule has 0 atom stereocenters. The highest BCUT2D eigenvalue weighted by molar-refractivity contribution is 5.77. The van der Waals surface area contributed by atoms with Gasteiger partial charge in [0.15, 0.2) is 5.65 Å². The van der Waals surface area contributed by atoms with Crippen molar-refractivity contribution < 1.29 is 0 Å². The predicted molar refractivity (Wildman–Crippen MR) is 83.8 cm³/mol. The predicted octanol–water partition coefficient (Wildman–Crippen LogP) is 3.57. The third-order valence-corrected chi connectivity index (χ3v) is 3.00. The molecule has 102 valence electrons. The molecule has 0 aliphatic rings. The lowest BCUT2D eigenvalue weighted by molar-refractivity contribution is 1.21. The average molecular weight is 274 g/mol. The fraction of sp³-hybridized carbons (Fsp3) is 0.0588. The van der Waals surface area contributed by atoms with Gasteiger partial charge in [0, 0.05) is 41.3 Å². The second-order valence-electron chi connectivity index (χ2n) is 4.58. The molecular formula is C17H14N4. The number of aryl methyl sites for hydroxylation is 1. The fourth-order valence-electron chi connectivity index (χ4n) is 1.97. The van der Waals surface area contributed by atoms with Crippen LogP contribution in [0.1, 0.15) is 5.69 Å². The molecule has 0 unspecified atom stereocenters. The van der Waals surface area contributed by atoms with E-state index in [1.807, 2.05) is 55.6 Å². The van der Waals surface area contributed by atoms with Gasteiger partial charge < -0.3 is 0 Å². The van der Waals surface area contributed by atoms with Gasteiger partial charge in [0.05, 0.1) is 5.52 Å². The van der Waals surface area contributed by atoms with E-state index < -0.39 is 0 Å². The molecule has 0 aliphatic carbocycles. The van der Waals surface area contributed by atoms with E-state index in [1.54, 1.807) is 18.6 Å². The Hall–Kier alpha value is -2.88. The average Bonchev–Trinajstić information content (AvgIpc) is 2.55. The van der Waals surface area contributed by atoms with Crippen LogP contribution in [0.25, 0.3) is 21.9 Å². The van der Waals surface area contributed by atoms with Crippen molar-refractivity contribution in [3.05, 3.63) is 72.9 Å². The number of hydrogen-bond donors (Lipinski definition) is 0. The van der Waals surface area contributed by atoms with Gasteiger partial charge in [-0.15, -0.1) is 0 Å². The third kappa shape index (κ3) is 3.17. The molecule has 21 heavy (non-hydrogen) atoms. The van der Waals surface area contributed by atoms with Crippen molar-refractivity contribution in [2.45, 2.75) is 6.92 Å². The van der Waals surface area contributed by atoms with E-state index in [1.165, 1.54) is 0 Å². The summed E-state index contributed by atoms with van der Waals surface area (Å²) in [5, 5.41) is 2.18. The molecule has 0 aromatic carbocycles. The Morgan fingerprint density at radius 1 is 0.714 bits per heavy atom. The smallest absolute Gasteiger partial charge is 0.159 e. The summed E-state index contributed by atoms with van der Waals surface area (Å²) in [5.41, 5.74) is 2.83. The second kappa shape index (κ2) is 6.05. The molecule has 0 amide bonds. The van der Waals surface area contributed by atoms with Gasteiger partial charge in [-0.1, -0.05) is 0 Å². The maximum absolute atomic E-state index is 4.20. The summed E-state index contributed by atoms with van der Waals surface area (Å²) in [6.07, 6.45) is 7.13. The van der Waals surface area contributed by atoms with Gasteiger partial charge in [-0.2, -0.15) is 0 Å². The Bertz CT molecular complexity index is 809. The highest BCUT2D eigenvalue weighted by Gasteiger charge is 1.92. The first-order valence-electron chi connectivity index (χ1n) is 6.66. The molecular weight excluding hydrogens is 260 g/mol. The SMILES string of the molecule is Cc1cc2ncccc2cn1.c1cnc2ncccc2c1. The van der Waals surface area contributed by atoms with Gasteiger partial charge in [-0.25, -0.2) is 9.97 Å². The van der Waals surface area contributed by atoms with E-state index in [0.29, 0.717) is 0 Å². The molecule has 4 rings (SSSR count). The standard InChI is InChI=1S/C9H8N2.C8H6N2/c1-7-5-9-8(6-11-7)3-2-4-10-9;1-3-7-4-2-6-10-8(7)9-5-1/h2-6H,1H3;1-6H. The zero-order valence-corrected chi connectivity index (χ0v) is 11.6. The van der Waals surface area contributed by atoms with Crippen molar-refractivity contribution in [3.8, 4) is 0 Å². The van der Waals surface area contributed by atoms with Crippen molar-refractivity contribution in [2.75, 3.05) is 0 Å². The Morgan fingerprint density at radius 2 is 1.33 bits per heavy atom. The molecule has 0 spiro atoms. The quantitative estimate of drug-likeness (QED) is 0.492. The van der Waals surface area contributed by atoms with Gasteiger partial charge in [0.1, 0.15) is 0 Å². The Labute approximate surface area is 122 Å². The van der Waals surface area contributed by atoms with Crippen molar-refractivity contribution in [2.24, 2.45) is 0 Å². The van der Waals surface area contributed by atoms with Crippen molar-refractivity contribution in [1.29, 1.82) is 0 Å². The first-order valence-corrected chi connectivity index (χ1v) is 6.66. The topological polar surface area (TPSA) is 51.6 Å². The van der Waals surface area contributed by atoms with Crippen LogP contribution in [0.3, 0.4) is 0 Å². The summed E-state index contributed by atoms with van der Waals surface area (Å²) >= 11 is 0. The lowest BCUT2D eigenvalue weighted by atomic mass is 10.2. The third-order valence-electron chi connectivity index (χ3n) is 3.00. The fourth-order valence-corrected chi connectivity index (χ4v) is 1.97. The molecule has 4 nitrogen and oxygen atoms in total. The van der Waals surface area contributed by atoms with E-state index in [9.17, 15) is 0 Å². The summed E-state index contributed by atoms with van der Waals surface area (Å²) in [5.74, 6) is 0. The number of aromatic nitrogens is 4. The zero-order valence-electron chi connectivity index (χ0n) is 11.6. The highest BCUT2D eigenvalue weighted by Crippen LogP contribution is 2.09. The molecule has 0 fully saturated rings. The molecule has 4 heterocycles. The molecule has 0 aliphatic heterocycles. The number of fused-ring (bicyclic) bond motifs is 2. The van der Waals surface area contributed by atoms with Crippen LogP contribution < -0.4 is 0 Å². The zero-order chi connectivity index (χ0) is 14.5. The van der Waals surface area contributed by atoms with E-state index >= 15 is 0 Å². The number of rotatable bonds is 0. The minimum absolute atomic E-state index is 0.810. The van der Waals surface area contributed by atoms with E-state index in [0.717, 1.165) is 27.6 Å². The van der Waals surface area contributed by atoms with E-state index in [4.69, 9.17) is 0 Å². The number of nitrogens with zero attached hydrogens (tertiary/aromatic N) is 4. The van der Waals surface area contributed by atoms with Crippen LogP contribution in [0.4, 0.5) is 0 Å². The minimum atomic E-state index is 0.810. The molecule has 0 radical (unpaired) electrons. The molecule has 0 bridgehead atoms. The van der Waals surface area contributed by atoms with Crippen LogP contribution in [0, 0.1) is 6.92 Å². The Morgan fingerprint density at radius 3 is 2.00 bits per heavy atom. The summed E-state index contributed by atoms with van der Waals surface area (Å²) in [4.78, 5) is 16.5. The first-order chi connectivity index (χ1) is 10.3. The van der Waals surface area contributed by atoms with Gasteiger partial charge in [-0.05, 0) is 49.4 Å². The molecule has 0 saturated heterocycles. The normalized spacial score (nSPS) is 10.1. The van der Waals surface area contributed by atoms with Crippen LogP contribution in [-0.4, -0.2) is 19.9 Å². The van der Waals surface area contributed by atoms with Gasteiger partial charge >= 0.3 is 0 Å². The van der Waals surface area contributed by atoms with Crippen LogP contribution in [-0.2, 0) is 0 Å². The van der Waals surface area contributed by atoms with E-state index in [-0.39, 0.29) is 0 Å². The molecule has 0 saturated carbocycles. The monoisotopic (exact) mass is 274 g/mol.